The molecule has 1 saturated heterocycles. The van der Waals surface area contributed by atoms with Crippen molar-refractivity contribution in [2.24, 2.45) is 0 Å². The molecule has 0 aliphatic carbocycles. The van der Waals surface area contributed by atoms with Crippen LogP contribution in [0.1, 0.15) is 53.7 Å². The lowest BCUT2D eigenvalue weighted by Crippen LogP contribution is -2.36. The lowest BCUT2D eigenvalue weighted by atomic mass is 9.94. The van der Waals surface area contributed by atoms with Gasteiger partial charge in [0.15, 0.2) is 21.0 Å². The minimum atomic E-state index is -0.359. The quantitative estimate of drug-likeness (QED) is 0.207. The highest BCUT2D eigenvalue weighted by molar-refractivity contribution is 8.01. The highest BCUT2D eigenvalue weighted by Crippen LogP contribution is 2.39. The van der Waals surface area contributed by atoms with Crippen LogP contribution in [0.2, 0.25) is 0 Å². The lowest BCUT2D eigenvalue weighted by molar-refractivity contribution is -0.129. The number of piperidine rings is 1. The van der Waals surface area contributed by atoms with E-state index >= 15 is 0 Å². The van der Waals surface area contributed by atoms with E-state index in [2.05, 4.69) is 20.7 Å². The number of ether oxygens (including phenoxy) is 2. The molecular weight excluding hydrogens is 567 g/mol. The van der Waals surface area contributed by atoms with Crippen molar-refractivity contribution in [2.75, 3.05) is 25.0 Å². The van der Waals surface area contributed by atoms with Crippen LogP contribution in [0.25, 0.3) is 0 Å². The molecule has 0 saturated carbocycles. The van der Waals surface area contributed by atoms with Crippen LogP contribution in [0.15, 0.2) is 57.2 Å². The van der Waals surface area contributed by atoms with Crippen LogP contribution in [0.3, 0.4) is 0 Å². The zero-order chi connectivity index (χ0) is 28.1. The van der Waals surface area contributed by atoms with Crippen LogP contribution in [-0.2, 0) is 9.53 Å². The molecule has 0 spiro atoms. The van der Waals surface area contributed by atoms with Gasteiger partial charge in [0.25, 0.3) is 0 Å². The average molecular weight is 596 g/mol. The molecule has 1 aromatic carbocycles. The summed E-state index contributed by atoms with van der Waals surface area (Å²) in [5.74, 6) is 1.87. The number of benzene rings is 1. The van der Waals surface area contributed by atoms with E-state index in [-0.39, 0.29) is 11.9 Å². The second-order valence-corrected chi connectivity index (χ2v) is 12.3. The number of nitrogens with zero attached hydrogens (tertiary/aromatic N) is 4. The molecule has 9 nitrogen and oxygen atoms in total. The van der Waals surface area contributed by atoms with Crippen molar-refractivity contribution in [1.82, 2.24) is 19.9 Å². The summed E-state index contributed by atoms with van der Waals surface area (Å²) in [4.78, 5) is 41.1. The Kier molecular flexibility index (Phi) is 8.98. The molecular formula is C28H29N5O4S3. The molecule has 4 aromatic rings. The number of carbonyl (C=O) groups is 2. The lowest BCUT2D eigenvalue weighted by Gasteiger charge is -2.30. The van der Waals surface area contributed by atoms with Crippen molar-refractivity contribution < 1.29 is 19.1 Å². The first-order chi connectivity index (χ1) is 19.4. The number of pyridine rings is 1. The number of esters is 1. The van der Waals surface area contributed by atoms with E-state index in [9.17, 15) is 9.59 Å². The molecule has 1 N–H and O–H groups in total. The summed E-state index contributed by atoms with van der Waals surface area (Å²) in [6, 6.07) is 11.4. The fourth-order valence-electron chi connectivity index (χ4n) is 4.29. The summed E-state index contributed by atoms with van der Waals surface area (Å²) in [5, 5.41) is 6.14. The van der Waals surface area contributed by atoms with E-state index < -0.39 is 0 Å². The van der Waals surface area contributed by atoms with Gasteiger partial charge in [-0.2, -0.15) is 0 Å². The Bertz CT molecular complexity index is 1480. The van der Waals surface area contributed by atoms with E-state index in [1.54, 1.807) is 27.0 Å². The number of aromatic nitrogens is 3. The number of amides is 1. The minimum Gasteiger partial charge on any atom is -0.462 e. The van der Waals surface area contributed by atoms with E-state index in [0.717, 1.165) is 41.7 Å². The zero-order valence-corrected chi connectivity index (χ0v) is 24.8. The van der Waals surface area contributed by atoms with Gasteiger partial charge in [-0.25, -0.2) is 19.7 Å². The van der Waals surface area contributed by atoms with E-state index in [1.165, 1.54) is 34.4 Å². The highest BCUT2D eigenvalue weighted by atomic mass is 32.2. The molecule has 0 unspecified atom stereocenters. The molecule has 4 heterocycles. The average Bonchev–Trinajstić information content (AvgIpc) is 3.57. The van der Waals surface area contributed by atoms with Gasteiger partial charge in [-0.05, 0) is 38.8 Å². The minimum absolute atomic E-state index is 0.127. The second-order valence-electron chi connectivity index (χ2n) is 9.13. The molecule has 1 amide bonds. The molecule has 208 valence electrons. The molecule has 1 aliphatic heterocycles. The van der Waals surface area contributed by atoms with Crippen LogP contribution in [0.4, 0.5) is 10.9 Å². The number of para-hydroxylation sites is 1. The molecule has 3 aromatic heterocycles. The van der Waals surface area contributed by atoms with E-state index in [0.29, 0.717) is 44.8 Å². The predicted octanol–water partition coefficient (Wildman–Crippen LogP) is 6.89. The first-order valence-corrected chi connectivity index (χ1v) is 15.4. The predicted molar refractivity (Wildman–Crippen MR) is 157 cm³/mol. The second kappa shape index (κ2) is 12.8. The largest absolute Gasteiger partial charge is 0.462 e. The number of hydrogen-bond donors (Lipinski definition) is 1. The van der Waals surface area contributed by atoms with E-state index in [1.807, 2.05) is 41.3 Å². The van der Waals surface area contributed by atoms with Gasteiger partial charge in [0.2, 0.25) is 5.91 Å². The fraction of sp³-hybridized carbons (Fsp3) is 0.321. The Morgan fingerprint density at radius 1 is 1.18 bits per heavy atom. The maximum Gasteiger partial charge on any atom is 0.350 e. The highest BCUT2D eigenvalue weighted by Gasteiger charge is 2.24. The van der Waals surface area contributed by atoms with Crippen molar-refractivity contribution in [3.63, 3.8) is 0 Å². The number of likely N-dealkylation sites (tertiary alicyclic amines) is 1. The molecule has 1 aliphatic rings. The number of carbonyl (C=O) groups excluding carboxylic acids is 2. The monoisotopic (exact) mass is 595 g/mol. The smallest absolute Gasteiger partial charge is 0.350 e. The third kappa shape index (κ3) is 6.80. The van der Waals surface area contributed by atoms with Crippen LogP contribution in [0, 0.1) is 6.92 Å². The number of aryl methyl sites for hydroxylation is 1. The summed E-state index contributed by atoms with van der Waals surface area (Å²) < 4.78 is 12.1. The van der Waals surface area contributed by atoms with Crippen molar-refractivity contribution >= 4 is 57.3 Å². The van der Waals surface area contributed by atoms with Crippen LogP contribution in [-0.4, -0.2) is 51.4 Å². The third-order valence-corrected chi connectivity index (χ3v) is 9.28. The first-order valence-electron chi connectivity index (χ1n) is 12.9. The van der Waals surface area contributed by atoms with Crippen LogP contribution >= 0.6 is 34.4 Å². The van der Waals surface area contributed by atoms with E-state index in [4.69, 9.17) is 14.5 Å². The van der Waals surface area contributed by atoms with Gasteiger partial charge >= 0.3 is 5.97 Å². The van der Waals surface area contributed by atoms with Crippen molar-refractivity contribution in [3.05, 3.63) is 64.2 Å². The number of thiazole rings is 2. The zero-order valence-electron chi connectivity index (χ0n) is 22.4. The van der Waals surface area contributed by atoms with Gasteiger partial charge in [-0.3, -0.25) is 4.79 Å². The molecule has 0 radical (unpaired) electrons. The van der Waals surface area contributed by atoms with Crippen LogP contribution < -0.4 is 10.1 Å². The molecule has 0 atom stereocenters. The molecule has 5 rings (SSSR count). The Morgan fingerprint density at radius 3 is 2.67 bits per heavy atom. The van der Waals surface area contributed by atoms with Crippen molar-refractivity contribution in [3.8, 4) is 11.5 Å². The Balaban J connectivity index is 1.35. The maximum absolute atomic E-state index is 12.2. The Labute approximate surface area is 245 Å². The first kappa shape index (κ1) is 28.1. The third-order valence-electron chi connectivity index (χ3n) is 6.35. The number of nitrogens with one attached hydrogen (secondary N) is 1. The SMILES string of the molecule is CCOC(=O)c1sc(Sc2cnc(Nc3nc(C4CCN(C(C)=O)CC4)cs3)c(Oc3ccccc3)c2)nc1C. The van der Waals surface area contributed by atoms with Gasteiger partial charge in [0.1, 0.15) is 10.6 Å². The van der Waals surface area contributed by atoms with Crippen molar-refractivity contribution in [1.29, 1.82) is 0 Å². The Hall–Kier alpha value is -3.48. The summed E-state index contributed by atoms with van der Waals surface area (Å²) in [7, 11) is 0. The molecule has 12 heteroatoms. The Morgan fingerprint density at radius 2 is 1.95 bits per heavy atom. The summed E-state index contributed by atoms with van der Waals surface area (Å²) in [5.41, 5.74) is 1.68. The number of hydrogen-bond acceptors (Lipinski definition) is 11. The summed E-state index contributed by atoms with van der Waals surface area (Å²) in [6.45, 7) is 7.04. The fourth-order valence-corrected chi connectivity index (χ4v) is 7.14. The van der Waals surface area contributed by atoms with Gasteiger partial charge in [0.05, 0.1) is 18.0 Å². The molecule has 1 fully saturated rings. The number of rotatable bonds is 9. The van der Waals surface area contributed by atoms with Crippen molar-refractivity contribution in [2.45, 2.75) is 48.8 Å². The van der Waals surface area contributed by atoms with Gasteiger partial charge < -0.3 is 19.7 Å². The van der Waals surface area contributed by atoms with Gasteiger partial charge in [0, 0.05) is 48.5 Å². The normalized spacial score (nSPS) is 13.7. The molecule has 40 heavy (non-hydrogen) atoms. The van der Waals surface area contributed by atoms with Gasteiger partial charge in [-0.1, -0.05) is 30.0 Å². The standard InChI is InChI=1S/C28H29N5O4S3/c1-4-36-26(35)24-17(2)30-28(40-24)39-21-14-23(37-20-8-6-5-7-9-20)25(29-15-21)32-27-31-22(16-38-27)19-10-12-33(13-11-19)18(3)34/h5-9,14-16,19H,4,10-13H2,1-3H3,(H,29,31,32). The molecule has 0 bridgehead atoms. The summed E-state index contributed by atoms with van der Waals surface area (Å²) in [6.07, 6.45) is 3.56. The van der Waals surface area contributed by atoms with Gasteiger partial charge in [-0.15, -0.1) is 22.7 Å². The van der Waals surface area contributed by atoms with Crippen LogP contribution in [0.5, 0.6) is 11.5 Å². The topological polar surface area (TPSA) is 107 Å². The number of anilines is 2. The summed E-state index contributed by atoms with van der Waals surface area (Å²) >= 11 is 4.23. The maximum atomic E-state index is 12.2.